The maximum Gasteiger partial charge on any atom is 0.185 e. The molecule has 0 radical (unpaired) electrons. The highest BCUT2D eigenvalue weighted by molar-refractivity contribution is 7.91. The van der Waals surface area contributed by atoms with Crippen LogP contribution in [-0.2, 0) is 9.84 Å². The number of carbonyl (C=O) groups is 1. The summed E-state index contributed by atoms with van der Waals surface area (Å²) in [7, 11) is -2.18. The summed E-state index contributed by atoms with van der Waals surface area (Å²) < 4.78 is 31.8. The third kappa shape index (κ3) is 4.31. The second-order valence-electron chi connectivity index (χ2n) is 6.61. The Kier molecular flexibility index (Phi) is 5.95. The molecule has 3 aromatic rings. The van der Waals surface area contributed by atoms with Crippen LogP contribution >= 0.6 is 0 Å². The number of hydrogen-bond acceptors (Lipinski definition) is 4. The van der Waals surface area contributed by atoms with Crippen LogP contribution in [0.1, 0.15) is 33.2 Å². The van der Waals surface area contributed by atoms with E-state index in [4.69, 9.17) is 4.74 Å². The van der Waals surface area contributed by atoms with Gasteiger partial charge in [0.2, 0.25) is 0 Å². The first-order valence-corrected chi connectivity index (χ1v) is 10.5. The van der Waals surface area contributed by atoms with Gasteiger partial charge in [-0.05, 0) is 48.9 Å². The average Bonchev–Trinajstić information content (AvgIpc) is 2.72. The van der Waals surface area contributed by atoms with E-state index >= 15 is 0 Å². The van der Waals surface area contributed by atoms with Crippen molar-refractivity contribution in [2.45, 2.75) is 23.5 Å². The van der Waals surface area contributed by atoms with Crippen LogP contribution in [0.4, 0.5) is 0 Å². The zero-order valence-electron chi connectivity index (χ0n) is 15.8. The van der Waals surface area contributed by atoms with Gasteiger partial charge >= 0.3 is 0 Å². The fourth-order valence-corrected chi connectivity index (χ4v) is 4.76. The molecule has 0 aliphatic rings. The van der Waals surface area contributed by atoms with Gasteiger partial charge in [-0.3, -0.25) is 4.79 Å². The molecule has 144 valence electrons. The number of ether oxygens (including phenoxy) is 1. The summed E-state index contributed by atoms with van der Waals surface area (Å²) in [5, 5.41) is -0.953. The van der Waals surface area contributed by atoms with Gasteiger partial charge < -0.3 is 4.74 Å². The predicted molar refractivity (Wildman–Crippen MR) is 109 cm³/mol. The first-order chi connectivity index (χ1) is 13.4. The van der Waals surface area contributed by atoms with Crippen LogP contribution in [0.2, 0.25) is 0 Å². The highest BCUT2D eigenvalue weighted by Crippen LogP contribution is 2.33. The maximum absolute atomic E-state index is 13.3. The van der Waals surface area contributed by atoms with Crippen LogP contribution in [0.15, 0.2) is 83.8 Å². The fraction of sp³-hybridized carbons (Fsp3) is 0.174. The van der Waals surface area contributed by atoms with E-state index in [-0.39, 0.29) is 17.1 Å². The molecule has 0 heterocycles. The molecule has 3 rings (SSSR count). The molecular weight excluding hydrogens is 372 g/mol. The summed E-state index contributed by atoms with van der Waals surface area (Å²) in [4.78, 5) is 13.1. The van der Waals surface area contributed by atoms with Gasteiger partial charge in [-0.2, -0.15) is 0 Å². The molecular formula is C23H22O4S. The standard InChI is InChI=1S/C23H22O4S/c1-17-8-14-21(15-9-17)28(25,26)23(19-6-4-3-5-7-19)16-22(24)18-10-12-20(27-2)13-11-18/h3-15,23H,16H2,1-2H3/t23-/m0/s1. The van der Waals surface area contributed by atoms with Crippen molar-refractivity contribution in [3.8, 4) is 5.75 Å². The average molecular weight is 394 g/mol. The van der Waals surface area contributed by atoms with E-state index in [1.807, 2.05) is 13.0 Å². The zero-order valence-corrected chi connectivity index (χ0v) is 16.6. The topological polar surface area (TPSA) is 60.4 Å². The minimum absolute atomic E-state index is 0.132. The Morgan fingerprint density at radius 3 is 2.07 bits per heavy atom. The highest BCUT2D eigenvalue weighted by Gasteiger charge is 2.31. The Bertz CT molecular complexity index is 1040. The van der Waals surface area contributed by atoms with Gasteiger partial charge in [0, 0.05) is 12.0 Å². The van der Waals surface area contributed by atoms with Gasteiger partial charge in [-0.15, -0.1) is 0 Å². The van der Waals surface area contributed by atoms with Crippen molar-refractivity contribution >= 4 is 15.6 Å². The van der Waals surface area contributed by atoms with Gasteiger partial charge in [0.05, 0.1) is 17.3 Å². The van der Waals surface area contributed by atoms with Gasteiger partial charge in [-0.25, -0.2) is 8.42 Å². The summed E-state index contributed by atoms with van der Waals surface area (Å²) >= 11 is 0. The number of carbonyl (C=O) groups excluding carboxylic acids is 1. The lowest BCUT2D eigenvalue weighted by Crippen LogP contribution is -2.18. The number of hydrogen-bond donors (Lipinski definition) is 0. The number of sulfone groups is 1. The summed E-state index contributed by atoms with van der Waals surface area (Å²) in [5.41, 5.74) is 2.04. The number of ketones is 1. The van der Waals surface area contributed by atoms with Crippen LogP contribution in [0.5, 0.6) is 5.75 Å². The molecule has 28 heavy (non-hydrogen) atoms. The number of methoxy groups -OCH3 is 1. The zero-order chi connectivity index (χ0) is 20.1. The molecule has 5 heteroatoms. The smallest absolute Gasteiger partial charge is 0.185 e. The van der Waals surface area contributed by atoms with Crippen molar-refractivity contribution in [2.24, 2.45) is 0 Å². The molecule has 0 N–H and O–H groups in total. The van der Waals surface area contributed by atoms with Gasteiger partial charge in [0.1, 0.15) is 5.75 Å². The van der Waals surface area contributed by atoms with E-state index in [2.05, 4.69) is 0 Å². The molecule has 3 aromatic carbocycles. The molecule has 0 bridgehead atoms. The van der Waals surface area contributed by atoms with Crippen LogP contribution < -0.4 is 4.74 Å². The van der Waals surface area contributed by atoms with E-state index in [0.717, 1.165) is 5.56 Å². The lowest BCUT2D eigenvalue weighted by atomic mass is 10.0. The van der Waals surface area contributed by atoms with Crippen LogP contribution in [0.25, 0.3) is 0 Å². The Labute approximate surface area is 165 Å². The molecule has 0 saturated carbocycles. The van der Waals surface area contributed by atoms with E-state index in [9.17, 15) is 13.2 Å². The summed E-state index contributed by atoms with van der Waals surface area (Å²) in [6, 6.07) is 22.3. The maximum atomic E-state index is 13.3. The second-order valence-corrected chi connectivity index (χ2v) is 8.74. The third-order valence-corrected chi connectivity index (χ3v) is 6.80. The predicted octanol–water partition coefficient (Wildman–Crippen LogP) is 4.79. The van der Waals surface area contributed by atoms with E-state index in [0.29, 0.717) is 16.9 Å². The van der Waals surface area contributed by atoms with Crippen LogP contribution in [0.3, 0.4) is 0 Å². The van der Waals surface area contributed by atoms with Gasteiger partial charge in [-0.1, -0.05) is 48.0 Å². The van der Waals surface area contributed by atoms with Crippen LogP contribution in [-0.4, -0.2) is 21.3 Å². The Balaban J connectivity index is 1.97. The van der Waals surface area contributed by atoms with E-state index in [1.54, 1.807) is 79.9 Å². The first-order valence-electron chi connectivity index (χ1n) is 8.94. The molecule has 4 nitrogen and oxygen atoms in total. The SMILES string of the molecule is COc1ccc(C(=O)C[C@@H](c2ccccc2)S(=O)(=O)c2ccc(C)cc2)cc1. The quantitative estimate of drug-likeness (QED) is 0.541. The minimum Gasteiger partial charge on any atom is -0.497 e. The van der Waals surface area contributed by atoms with Crippen molar-refractivity contribution in [3.63, 3.8) is 0 Å². The highest BCUT2D eigenvalue weighted by atomic mass is 32.2. The first kappa shape index (κ1) is 19.8. The van der Waals surface area contributed by atoms with Crippen molar-refractivity contribution in [1.29, 1.82) is 0 Å². The monoisotopic (exact) mass is 394 g/mol. The largest absolute Gasteiger partial charge is 0.497 e. The Hall–Kier alpha value is -2.92. The summed E-state index contributed by atoms with van der Waals surface area (Å²) in [6.07, 6.45) is -0.132. The minimum atomic E-state index is -3.73. The lowest BCUT2D eigenvalue weighted by Gasteiger charge is -2.18. The number of aryl methyl sites for hydroxylation is 1. The normalized spacial score (nSPS) is 12.4. The Morgan fingerprint density at radius 2 is 1.50 bits per heavy atom. The number of Topliss-reactive ketones (excluding diaryl/α,β-unsaturated/α-hetero) is 1. The summed E-state index contributed by atoms with van der Waals surface area (Å²) in [5.74, 6) is 0.413. The van der Waals surface area contributed by atoms with E-state index < -0.39 is 15.1 Å². The van der Waals surface area contributed by atoms with Crippen LogP contribution in [0, 0.1) is 6.92 Å². The second kappa shape index (κ2) is 8.40. The molecule has 1 atom stereocenters. The molecule has 0 fully saturated rings. The number of rotatable bonds is 7. The summed E-state index contributed by atoms with van der Waals surface area (Å²) in [6.45, 7) is 1.90. The molecule has 0 aromatic heterocycles. The Morgan fingerprint density at radius 1 is 0.893 bits per heavy atom. The third-order valence-electron chi connectivity index (χ3n) is 4.68. The van der Waals surface area contributed by atoms with Gasteiger partial charge in [0.15, 0.2) is 15.6 Å². The number of benzene rings is 3. The van der Waals surface area contributed by atoms with E-state index in [1.165, 1.54) is 0 Å². The van der Waals surface area contributed by atoms with Crippen molar-refractivity contribution in [3.05, 3.63) is 95.6 Å². The van der Waals surface area contributed by atoms with Crippen molar-refractivity contribution in [1.82, 2.24) is 0 Å². The van der Waals surface area contributed by atoms with Gasteiger partial charge in [0.25, 0.3) is 0 Å². The molecule has 0 saturated heterocycles. The molecule has 0 unspecified atom stereocenters. The lowest BCUT2D eigenvalue weighted by molar-refractivity contribution is 0.0980. The molecule has 0 amide bonds. The molecule has 0 spiro atoms. The molecule has 0 aliphatic heterocycles. The fourth-order valence-electron chi connectivity index (χ4n) is 3.03. The molecule has 0 aliphatic carbocycles. The van der Waals surface area contributed by atoms with Crippen molar-refractivity contribution in [2.75, 3.05) is 7.11 Å². The van der Waals surface area contributed by atoms with Crippen molar-refractivity contribution < 1.29 is 17.9 Å².